The van der Waals surface area contributed by atoms with Crippen molar-refractivity contribution in [3.63, 3.8) is 0 Å². The molecule has 2 unspecified atom stereocenters. The second kappa shape index (κ2) is 7.65. The van der Waals surface area contributed by atoms with Gasteiger partial charge in [-0.2, -0.15) is 5.26 Å². The van der Waals surface area contributed by atoms with Crippen LogP contribution in [-0.2, 0) is 0 Å². The Morgan fingerprint density at radius 3 is 2.50 bits per heavy atom. The highest BCUT2D eigenvalue weighted by Crippen LogP contribution is 2.13. The molecule has 0 aromatic carbocycles. The van der Waals surface area contributed by atoms with Gasteiger partial charge in [-0.1, -0.05) is 27.2 Å². The van der Waals surface area contributed by atoms with E-state index in [-0.39, 0.29) is 0 Å². The summed E-state index contributed by atoms with van der Waals surface area (Å²) < 4.78 is 0. The van der Waals surface area contributed by atoms with Crippen LogP contribution < -0.4 is 5.73 Å². The molecule has 0 aliphatic carbocycles. The molecule has 2 atom stereocenters. The lowest BCUT2D eigenvalue weighted by atomic mass is 9.93. The van der Waals surface area contributed by atoms with Crippen molar-refractivity contribution in [2.45, 2.75) is 52.0 Å². The van der Waals surface area contributed by atoms with Gasteiger partial charge in [0.15, 0.2) is 0 Å². The highest BCUT2D eigenvalue weighted by atomic mass is 15.1. The predicted octanol–water partition coefficient (Wildman–Crippen LogP) is 2.38. The zero-order valence-electron chi connectivity index (χ0n) is 11.3. The smallest absolute Gasteiger partial charge is 0.104 e. The van der Waals surface area contributed by atoms with Gasteiger partial charge in [0.05, 0.1) is 6.07 Å². The standard InChI is InChI=1S/C13H27N3/c1-5-12(3)10-16(4)9-7-8-13(15,6-2)11-14/h12H,5-10,15H2,1-4H3. The van der Waals surface area contributed by atoms with E-state index in [0.717, 1.165) is 38.3 Å². The lowest BCUT2D eigenvalue weighted by molar-refractivity contribution is 0.269. The zero-order chi connectivity index (χ0) is 12.6. The van der Waals surface area contributed by atoms with Crippen LogP contribution in [0.3, 0.4) is 0 Å². The molecule has 0 amide bonds. The summed E-state index contributed by atoms with van der Waals surface area (Å²) in [4.78, 5) is 2.33. The summed E-state index contributed by atoms with van der Waals surface area (Å²) >= 11 is 0. The van der Waals surface area contributed by atoms with Crippen molar-refractivity contribution in [2.24, 2.45) is 11.7 Å². The van der Waals surface area contributed by atoms with E-state index >= 15 is 0 Å². The Morgan fingerprint density at radius 1 is 1.44 bits per heavy atom. The maximum absolute atomic E-state index is 8.95. The molecule has 94 valence electrons. The summed E-state index contributed by atoms with van der Waals surface area (Å²) in [6.45, 7) is 8.63. The van der Waals surface area contributed by atoms with Crippen molar-refractivity contribution < 1.29 is 0 Å². The second-order valence-electron chi connectivity index (χ2n) is 5.00. The molecule has 0 spiro atoms. The summed E-state index contributed by atoms with van der Waals surface area (Å²) in [7, 11) is 2.14. The Balaban J connectivity index is 3.78. The minimum Gasteiger partial charge on any atom is -0.313 e. The largest absolute Gasteiger partial charge is 0.313 e. The first-order valence-corrected chi connectivity index (χ1v) is 6.36. The van der Waals surface area contributed by atoms with Crippen LogP contribution in [0, 0.1) is 17.2 Å². The monoisotopic (exact) mass is 225 g/mol. The molecular formula is C13H27N3. The van der Waals surface area contributed by atoms with Gasteiger partial charge in [0, 0.05) is 6.54 Å². The molecule has 3 nitrogen and oxygen atoms in total. The molecule has 0 bridgehead atoms. The number of nitrogens with two attached hydrogens (primary N) is 1. The van der Waals surface area contributed by atoms with Gasteiger partial charge in [-0.05, 0) is 38.8 Å². The van der Waals surface area contributed by atoms with Gasteiger partial charge in [0.1, 0.15) is 5.54 Å². The lowest BCUT2D eigenvalue weighted by Crippen LogP contribution is -2.38. The summed E-state index contributed by atoms with van der Waals surface area (Å²) in [5.74, 6) is 0.745. The average molecular weight is 225 g/mol. The molecule has 0 heterocycles. The predicted molar refractivity (Wildman–Crippen MR) is 69.0 cm³/mol. The van der Waals surface area contributed by atoms with E-state index in [2.05, 4.69) is 31.9 Å². The molecule has 0 aliphatic heterocycles. The van der Waals surface area contributed by atoms with Gasteiger partial charge in [0.2, 0.25) is 0 Å². The fourth-order valence-electron chi connectivity index (χ4n) is 1.73. The quantitative estimate of drug-likeness (QED) is 0.690. The van der Waals surface area contributed by atoms with Crippen LogP contribution in [0.25, 0.3) is 0 Å². The van der Waals surface area contributed by atoms with E-state index in [9.17, 15) is 0 Å². The zero-order valence-corrected chi connectivity index (χ0v) is 11.3. The normalized spacial score (nSPS) is 16.8. The van der Waals surface area contributed by atoms with Gasteiger partial charge in [-0.15, -0.1) is 0 Å². The maximum Gasteiger partial charge on any atom is 0.104 e. The van der Waals surface area contributed by atoms with Crippen molar-refractivity contribution in [3.05, 3.63) is 0 Å². The molecule has 0 fully saturated rings. The third-order valence-corrected chi connectivity index (χ3v) is 3.34. The van der Waals surface area contributed by atoms with Crippen LogP contribution in [0.5, 0.6) is 0 Å². The van der Waals surface area contributed by atoms with Gasteiger partial charge < -0.3 is 10.6 Å². The third-order valence-electron chi connectivity index (χ3n) is 3.34. The van der Waals surface area contributed by atoms with E-state index in [0.29, 0.717) is 0 Å². The van der Waals surface area contributed by atoms with Crippen molar-refractivity contribution in [1.29, 1.82) is 5.26 Å². The Bertz CT molecular complexity index is 222. The highest BCUT2D eigenvalue weighted by molar-refractivity contribution is 5.03. The lowest BCUT2D eigenvalue weighted by Gasteiger charge is -2.23. The van der Waals surface area contributed by atoms with Gasteiger partial charge in [0.25, 0.3) is 0 Å². The summed E-state index contributed by atoms with van der Waals surface area (Å²) in [5.41, 5.74) is 5.32. The topological polar surface area (TPSA) is 53.0 Å². The van der Waals surface area contributed by atoms with E-state index in [4.69, 9.17) is 11.0 Å². The van der Waals surface area contributed by atoms with Crippen LogP contribution in [0.2, 0.25) is 0 Å². The maximum atomic E-state index is 8.95. The molecule has 16 heavy (non-hydrogen) atoms. The number of nitrogens with zero attached hydrogens (tertiary/aromatic N) is 2. The molecule has 0 aromatic heterocycles. The van der Waals surface area contributed by atoms with Crippen LogP contribution in [0.1, 0.15) is 46.5 Å². The molecular weight excluding hydrogens is 198 g/mol. The van der Waals surface area contributed by atoms with E-state index < -0.39 is 5.54 Å². The van der Waals surface area contributed by atoms with Gasteiger partial charge in [-0.3, -0.25) is 0 Å². The fourth-order valence-corrected chi connectivity index (χ4v) is 1.73. The molecule has 0 aliphatic rings. The van der Waals surface area contributed by atoms with Crippen molar-refractivity contribution in [2.75, 3.05) is 20.1 Å². The third kappa shape index (κ3) is 6.09. The Kier molecular flexibility index (Phi) is 7.36. The number of hydrogen-bond donors (Lipinski definition) is 1. The molecule has 0 saturated heterocycles. The van der Waals surface area contributed by atoms with Crippen LogP contribution in [0.4, 0.5) is 0 Å². The van der Waals surface area contributed by atoms with Crippen LogP contribution in [0.15, 0.2) is 0 Å². The first kappa shape index (κ1) is 15.4. The summed E-state index contributed by atoms with van der Waals surface area (Å²) in [6.07, 6.45) is 3.76. The molecule has 2 N–H and O–H groups in total. The molecule has 3 heteroatoms. The summed E-state index contributed by atoms with van der Waals surface area (Å²) in [6, 6.07) is 2.21. The van der Waals surface area contributed by atoms with Crippen LogP contribution >= 0.6 is 0 Å². The number of hydrogen-bond acceptors (Lipinski definition) is 3. The molecule has 0 saturated carbocycles. The van der Waals surface area contributed by atoms with Crippen molar-refractivity contribution >= 4 is 0 Å². The van der Waals surface area contributed by atoms with Gasteiger partial charge >= 0.3 is 0 Å². The summed E-state index contributed by atoms with van der Waals surface area (Å²) in [5, 5.41) is 8.95. The average Bonchev–Trinajstić information content (AvgIpc) is 2.28. The first-order chi connectivity index (χ1) is 7.47. The van der Waals surface area contributed by atoms with Gasteiger partial charge in [-0.25, -0.2) is 0 Å². The van der Waals surface area contributed by atoms with Crippen molar-refractivity contribution in [3.8, 4) is 6.07 Å². The minimum atomic E-state index is -0.614. The first-order valence-electron chi connectivity index (χ1n) is 6.36. The number of nitriles is 1. The Hall–Kier alpha value is -0.590. The Labute approximate surface area is 101 Å². The molecule has 0 radical (unpaired) electrons. The van der Waals surface area contributed by atoms with E-state index in [1.165, 1.54) is 6.42 Å². The fraction of sp³-hybridized carbons (Fsp3) is 0.923. The minimum absolute atomic E-state index is 0.614. The Morgan fingerprint density at radius 2 is 2.06 bits per heavy atom. The number of rotatable bonds is 8. The molecule has 0 aromatic rings. The van der Waals surface area contributed by atoms with E-state index in [1.54, 1.807) is 0 Å². The van der Waals surface area contributed by atoms with Crippen molar-refractivity contribution in [1.82, 2.24) is 4.90 Å². The van der Waals surface area contributed by atoms with E-state index in [1.807, 2.05) is 6.92 Å². The molecule has 0 rings (SSSR count). The SMILES string of the molecule is CCC(C)CN(C)CCCC(N)(C#N)CC. The second-order valence-corrected chi connectivity index (χ2v) is 5.00. The van der Waals surface area contributed by atoms with Crippen LogP contribution in [-0.4, -0.2) is 30.6 Å². The highest BCUT2D eigenvalue weighted by Gasteiger charge is 2.21.